The summed E-state index contributed by atoms with van der Waals surface area (Å²) in [4.78, 5) is 0. The highest BCUT2D eigenvalue weighted by Crippen LogP contribution is 2.20. The van der Waals surface area contributed by atoms with Gasteiger partial charge < -0.3 is 14.6 Å². The number of aliphatic hydroxyl groups excluding tert-OH is 1. The Bertz CT molecular complexity index is 436. The summed E-state index contributed by atoms with van der Waals surface area (Å²) in [6, 6.07) is 7.69. The second kappa shape index (κ2) is 8.63. The number of ether oxygens (including phenoxy) is 2. The Labute approximate surface area is 120 Å². The molecule has 108 valence electrons. The molecule has 1 fully saturated rings. The van der Waals surface area contributed by atoms with Gasteiger partial charge in [0.1, 0.15) is 12.4 Å². The molecule has 1 aromatic rings. The lowest BCUT2D eigenvalue weighted by atomic mass is 10.2. The van der Waals surface area contributed by atoms with E-state index in [2.05, 4.69) is 11.8 Å². The number of rotatable bonds is 6. The van der Waals surface area contributed by atoms with Crippen LogP contribution in [-0.2, 0) is 4.74 Å². The Balaban J connectivity index is 1.67. The smallest absolute Gasteiger partial charge is 0.119 e. The van der Waals surface area contributed by atoms with Crippen LogP contribution in [0.4, 0.5) is 0 Å². The van der Waals surface area contributed by atoms with Crippen molar-refractivity contribution < 1.29 is 14.6 Å². The monoisotopic (exact) mass is 274 g/mol. The van der Waals surface area contributed by atoms with Crippen LogP contribution in [0.2, 0.25) is 0 Å². The Morgan fingerprint density at radius 2 is 1.85 bits per heavy atom. The van der Waals surface area contributed by atoms with Gasteiger partial charge in [-0.3, -0.25) is 0 Å². The van der Waals surface area contributed by atoms with Gasteiger partial charge in [0.2, 0.25) is 0 Å². The standard InChI is InChI=1S/C17H22O3/c18-12-4-3-5-15-8-10-17(11-9-15)20-14-13-19-16-6-1-2-7-16/h8-11,16,18H,1-2,4,6-7,12-14H2. The van der Waals surface area contributed by atoms with Gasteiger partial charge in [-0.15, -0.1) is 0 Å². The largest absolute Gasteiger partial charge is 0.491 e. The second-order valence-corrected chi connectivity index (χ2v) is 4.93. The molecule has 1 N–H and O–H groups in total. The maximum Gasteiger partial charge on any atom is 0.119 e. The molecular formula is C17H22O3. The molecule has 1 aliphatic rings. The number of hydrogen-bond donors (Lipinski definition) is 1. The summed E-state index contributed by atoms with van der Waals surface area (Å²) in [6.07, 6.45) is 5.94. The Morgan fingerprint density at radius 3 is 2.55 bits per heavy atom. The van der Waals surface area contributed by atoms with E-state index in [9.17, 15) is 0 Å². The summed E-state index contributed by atoms with van der Waals surface area (Å²) in [5.74, 6) is 6.72. The number of benzene rings is 1. The van der Waals surface area contributed by atoms with Crippen LogP contribution < -0.4 is 4.74 Å². The van der Waals surface area contributed by atoms with E-state index >= 15 is 0 Å². The van der Waals surface area contributed by atoms with Crippen LogP contribution in [0.5, 0.6) is 5.75 Å². The summed E-state index contributed by atoms with van der Waals surface area (Å²) in [6.45, 7) is 1.35. The zero-order valence-electron chi connectivity index (χ0n) is 11.8. The van der Waals surface area contributed by atoms with Gasteiger partial charge >= 0.3 is 0 Å². The van der Waals surface area contributed by atoms with E-state index in [4.69, 9.17) is 14.6 Å². The summed E-state index contributed by atoms with van der Waals surface area (Å²) in [7, 11) is 0. The van der Waals surface area contributed by atoms with Crippen LogP contribution in [-0.4, -0.2) is 31.0 Å². The highest BCUT2D eigenvalue weighted by molar-refractivity contribution is 5.38. The van der Waals surface area contributed by atoms with E-state index < -0.39 is 0 Å². The lowest BCUT2D eigenvalue weighted by Crippen LogP contribution is -2.13. The lowest BCUT2D eigenvalue weighted by Gasteiger charge is -2.11. The van der Waals surface area contributed by atoms with Crippen LogP contribution >= 0.6 is 0 Å². The minimum atomic E-state index is 0.106. The zero-order chi connectivity index (χ0) is 14.0. The van der Waals surface area contributed by atoms with Crippen molar-refractivity contribution in [1.82, 2.24) is 0 Å². The Morgan fingerprint density at radius 1 is 1.10 bits per heavy atom. The van der Waals surface area contributed by atoms with Gasteiger partial charge in [0, 0.05) is 12.0 Å². The first-order chi connectivity index (χ1) is 9.88. The molecule has 3 nitrogen and oxygen atoms in total. The molecule has 0 heterocycles. The Hall–Kier alpha value is -1.50. The predicted molar refractivity (Wildman–Crippen MR) is 78.7 cm³/mol. The maximum absolute atomic E-state index is 8.65. The van der Waals surface area contributed by atoms with Crippen LogP contribution in [0.3, 0.4) is 0 Å². The van der Waals surface area contributed by atoms with Gasteiger partial charge in [-0.05, 0) is 37.1 Å². The molecule has 1 aromatic carbocycles. The number of hydrogen-bond acceptors (Lipinski definition) is 3. The van der Waals surface area contributed by atoms with E-state index in [1.54, 1.807) is 0 Å². The van der Waals surface area contributed by atoms with Crippen molar-refractivity contribution in [2.45, 2.75) is 38.2 Å². The first kappa shape index (κ1) is 14.9. The fraction of sp³-hybridized carbons (Fsp3) is 0.529. The van der Waals surface area contributed by atoms with E-state index in [1.807, 2.05) is 24.3 Å². The van der Waals surface area contributed by atoms with Crippen LogP contribution in [0, 0.1) is 11.8 Å². The topological polar surface area (TPSA) is 38.7 Å². The zero-order valence-corrected chi connectivity index (χ0v) is 11.8. The summed E-state index contributed by atoms with van der Waals surface area (Å²) >= 11 is 0. The van der Waals surface area contributed by atoms with Crippen LogP contribution in [0.15, 0.2) is 24.3 Å². The molecule has 0 saturated heterocycles. The molecule has 0 radical (unpaired) electrons. The van der Waals surface area contributed by atoms with E-state index in [0.29, 0.717) is 25.7 Å². The fourth-order valence-electron chi connectivity index (χ4n) is 2.28. The van der Waals surface area contributed by atoms with Gasteiger partial charge in [0.05, 0.1) is 19.3 Å². The molecule has 0 spiro atoms. The third-order valence-electron chi connectivity index (χ3n) is 3.33. The van der Waals surface area contributed by atoms with Gasteiger partial charge in [-0.25, -0.2) is 0 Å². The van der Waals surface area contributed by atoms with E-state index in [1.165, 1.54) is 25.7 Å². The molecule has 0 unspecified atom stereocenters. The lowest BCUT2D eigenvalue weighted by molar-refractivity contribution is 0.0382. The van der Waals surface area contributed by atoms with Gasteiger partial charge in [-0.2, -0.15) is 0 Å². The molecule has 20 heavy (non-hydrogen) atoms. The SMILES string of the molecule is OCCC#Cc1ccc(OCCOC2CCCC2)cc1. The molecular weight excluding hydrogens is 252 g/mol. The van der Waals surface area contributed by atoms with Crippen molar-refractivity contribution in [3.05, 3.63) is 29.8 Å². The van der Waals surface area contributed by atoms with Crippen molar-refractivity contribution in [2.24, 2.45) is 0 Å². The van der Waals surface area contributed by atoms with E-state index in [0.717, 1.165) is 11.3 Å². The third-order valence-corrected chi connectivity index (χ3v) is 3.33. The van der Waals surface area contributed by atoms with Crippen molar-refractivity contribution >= 4 is 0 Å². The van der Waals surface area contributed by atoms with Crippen molar-refractivity contribution in [2.75, 3.05) is 19.8 Å². The van der Waals surface area contributed by atoms with Crippen molar-refractivity contribution in [1.29, 1.82) is 0 Å². The molecule has 0 bridgehead atoms. The van der Waals surface area contributed by atoms with E-state index in [-0.39, 0.29) is 6.61 Å². The molecule has 3 heteroatoms. The molecule has 1 saturated carbocycles. The van der Waals surface area contributed by atoms with Crippen molar-refractivity contribution in [3.8, 4) is 17.6 Å². The summed E-state index contributed by atoms with van der Waals surface area (Å²) in [5.41, 5.74) is 0.938. The highest BCUT2D eigenvalue weighted by atomic mass is 16.5. The van der Waals surface area contributed by atoms with Crippen LogP contribution in [0.25, 0.3) is 0 Å². The normalized spacial score (nSPS) is 14.8. The maximum atomic E-state index is 8.65. The third kappa shape index (κ3) is 5.24. The molecule has 0 aromatic heterocycles. The quantitative estimate of drug-likeness (QED) is 0.640. The fourth-order valence-corrected chi connectivity index (χ4v) is 2.28. The molecule has 0 aliphatic heterocycles. The second-order valence-electron chi connectivity index (χ2n) is 4.93. The first-order valence-electron chi connectivity index (χ1n) is 7.32. The number of aliphatic hydroxyl groups is 1. The molecule has 2 rings (SSSR count). The molecule has 0 atom stereocenters. The first-order valence-corrected chi connectivity index (χ1v) is 7.32. The molecule has 1 aliphatic carbocycles. The highest BCUT2D eigenvalue weighted by Gasteiger charge is 2.14. The minimum Gasteiger partial charge on any atom is -0.491 e. The minimum absolute atomic E-state index is 0.106. The predicted octanol–water partition coefficient (Wildman–Crippen LogP) is 2.76. The average molecular weight is 274 g/mol. The van der Waals surface area contributed by atoms with Crippen molar-refractivity contribution in [3.63, 3.8) is 0 Å². The summed E-state index contributed by atoms with van der Waals surface area (Å²) < 4.78 is 11.4. The van der Waals surface area contributed by atoms with Gasteiger partial charge in [0.15, 0.2) is 0 Å². The summed E-state index contributed by atoms with van der Waals surface area (Å²) in [5, 5.41) is 8.65. The van der Waals surface area contributed by atoms with Gasteiger partial charge in [0.25, 0.3) is 0 Å². The Kier molecular flexibility index (Phi) is 6.43. The van der Waals surface area contributed by atoms with Gasteiger partial charge in [-0.1, -0.05) is 24.7 Å². The molecule has 0 amide bonds. The average Bonchev–Trinajstić information content (AvgIpc) is 2.99. The van der Waals surface area contributed by atoms with Crippen LogP contribution in [0.1, 0.15) is 37.7 Å².